The Hall–Kier alpha value is -1.34. The van der Waals surface area contributed by atoms with E-state index in [0.29, 0.717) is 23.8 Å². The van der Waals surface area contributed by atoms with Gasteiger partial charge in [-0.15, -0.1) is 0 Å². The summed E-state index contributed by atoms with van der Waals surface area (Å²) in [6.45, 7) is 8.87. The van der Waals surface area contributed by atoms with E-state index in [2.05, 4.69) is 15.2 Å². The molecule has 0 saturated carbocycles. The fraction of sp³-hybridized carbons (Fsp3) is 0.714. The largest absolute Gasteiger partial charge is 0.382 e. The number of ether oxygens (including phenoxy) is 1. The number of carbonyl (C=O) groups excluding carboxylic acids is 1. The summed E-state index contributed by atoms with van der Waals surface area (Å²) in [5, 5.41) is 3.72. The van der Waals surface area contributed by atoms with Crippen molar-refractivity contribution in [1.29, 1.82) is 0 Å². The van der Waals surface area contributed by atoms with E-state index < -0.39 is 0 Å². The van der Waals surface area contributed by atoms with Crippen molar-refractivity contribution in [1.82, 2.24) is 10.3 Å². The van der Waals surface area contributed by atoms with Crippen molar-refractivity contribution in [3.63, 3.8) is 0 Å². The Morgan fingerprint density at radius 2 is 2.14 bits per heavy atom. The molecule has 3 N–H and O–H groups in total. The van der Waals surface area contributed by atoms with Crippen LogP contribution in [0.4, 0.5) is 10.9 Å². The molecule has 21 heavy (non-hydrogen) atoms. The molecule has 1 fully saturated rings. The van der Waals surface area contributed by atoms with Crippen molar-refractivity contribution in [2.45, 2.75) is 39.2 Å². The van der Waals surface area contributed by atoms with Crippen molar-refractivity contribution in [2.24, 2.45) is 0 Å². The normalized spacial score (nSPS) is 15.5. The van der Waals surface area contributed by atoms with Crippen LogP contribution in [0.15, 0.2) is 0 Å². The smallest absolute Gasteiger partial charge is 0.265 e. The van der Waals surface area contributed by atoms with Crippen LogP contribution in [0.2, 0.25) is 0 Å². The Balaban J connectivity index is 1.99. The fourth-order valence-corrected chi connectivity index (χ4v) is 3.30. The minimum absolute atomic E-state index is 0.178. The summed E-state index contributed by atoms with van der Waals surface area (Å²) in [5.74, 6) is 0.136. The number of nitrogens with zero attached hydrogens (tertiary/aromatic N) is 2. The Kier molecular flexibility index (Phi) is 5.05. The lowest BCUT2D eigenvalue weighted by atomic mass is 10.1. The van der Waals surface area contributed by atoms with Crippen molar-refractivity contribution in [3.05, 3.63) is 4.88 Å². The van der Waals surface area contributed by atoms with Crippen LogP contribution >= 0.6 is 11.3 Å². The summed E-state index contributed by atoms with van der Waals surface area (Å²) in [5.41, 5.74) is 5.50. The summed E-state index contributed by atoms with van der Waals surface area (Å²) < 4.78 is 5.57. The summed E-state index contributed by atoms with van der Waals surface area (Å²) >= 11 is 1.37. The first-order valence-electron chi connectivity index (χ1n) is 7.36. The van der Waals surface area contributed by atoms with Gasteiger partial charge in [0.05, 0.1) is 5.60 Å². The van der Waals surface area contributed by atoms with Gasteiger partial charge in [0.2, 0.25) is 0 Å². The SMILES string of the molecule is CCOC(C)(C)CNC(=O)c1sc(N2CCCC2)nc1N. The molecule has 0 aliphatic carbocycles. The average Bonchev–Trinajstić information content (AvgIpc) is 3.05. The van der Waals surface area contributed by atoms with Gasteiger partial charge in [0.25, 0.3) is 5.91 Å². The van der Waals surface area contributed by atoms with Crippen LogP contribution in [0.3, 0.4) is 0 Å². The van der Waals surface area contributed by atoms with Gasteiger partial charge in [0, 0.05) is 26.2 Å². The monoisotopic (exact) mass is 312 g/mol. The number of amides is 1. The molecule has 0 unspecified atom stereocenters. The summed E-state index contributed by atoms with van der Waals surface area (Å²) in [6, 6.07) is 0. The van der Waals surface area contributed by atoms with Crippen molar-refractivity contribution in [3.8, 4) is 0 Å². The number of aromatic nitrogens is 1. The first-order valence-corrected chi connectivity index (χ1v) is 8.18. The first-order chi connectivity index (χ1) is 9.93. The van der Waals surface area contributed by atoms with Crippen LogP contribution in [0.5, 0.6) is 0 Å². The van der Waals surface area contributed by atoms with Crippen LogP contribution in [0.1, 0.15) is 43.3 Å². The van der Waals surface area contributed by atoms with E-state index in [1.54, 1.807) is 0 Å². The van der Waals surface area contributed by atoms with E-state index in [0.717, 1.165) is 18.2 Å². The standard InChI is InChI=1S/C14H24N4O2S/c1-4-20-14(2,3)9-16-12(19)10-11(15)17-13(21-10)18-7-5-6-8-18/h4-9,15H2,1-3H3,(H,16,19). The number of thiazole rings is 1. The Labute approximate surface area is 129 Å². The zero-order chi connectivity index (χ0) is 15.5. The average molecular weight is 312 g/mol. The maximum atomic E-state index is 12.2. The number of nitrogens with two attached hydrogens (primary N) is 1. The molecule has 0 spiro atoms. The number of rotatable bonds is 6. The van der Waals surface area contributed by atoms with Gasteiger partial charge in [-0.3, -0.25) is 4.79 Å². The molecule has 0 aromatic carbocycles. The van der Waals surface area contributed by atoms with Crippen molar-refractivity contribution >= 4 is 28.2 Å². The molecule has 7 heteroatoms. The lowest BCUT2D eigenvalue weighted by Crippen LogP contribution is -2.40. The quantitative estimate of drug-likeness (QED) is 0.838. The Morgan fingerprint density at radius 1 is 1.48 bits per heavy atom. The van der Waals surface area contributed by atoms with Gasteiger partial charge >= 0.3 is 0 Å². The number of carbonyl (C=O) groups is 1. The van der Waals surface area contributed by atoms with E-state index >= 15 is 0 Å². The molecule has 2 rings (SSSR count). The van der Waals surface area contributed by atoms with Crippen LogP contribution < -0.4 is 16.0 Å². The highest BCUT2D eigenvalue weighted by molar-refractivity contribution is 7.18. The molecule has 118 valence electrons. The zero-order valence-corrected chi connectivity index (χ0v) is 13.8. The molecule has 1 aromatic heterocycles. The third-order valence-electron chi connectivity index (χ3n) is 3.43. The molecule has 2 heterocycles. The topological polar surface area (TPSA) is 80.5 Å². The highest BCUT2D eigenvalue weighted by Gasteiger charge is 2.24. The first kappa shape index (κ1) is 16.0. The molecule has 1 aliphatic rings. The summed E-state index contributed by atoms with van der Waals surface area (Å²) in [6.07, 6.45) is 2.34. The van der Waals surface area contributed by atoms with Crippen LogP contribution in [0, 0.1) is 0 Å². The summed E-state index contributed by atoms with van der Waals surface area (Å²) in [4.78, 5) is 19.2. The molecule has 0 bridgehead atoms. The third-order valence-corrected chi connectivity index (χ3v) is 4.57. The lowest BCUT2D eigenvalue weighted by molar-refractivity contribution is -0.00812. The van der Waals surface area contributed by atoms with E-state index in [1.165, 1.54) is 24.2 Å². The van der Waals surface area contributed by atoms with Gasteiger partial charge in [-0.1, -0.05) is 11.3 Å². The van der Waals surface area contributed by atoms with Gasteiger partial charge in [-0.05, 0) is 33.6 Å². The maximum absolute atomic E-state index is 12.2. The van der Waals surface area contributed by atoms with Crippen LogP contribution in [-0.2, 0) is 4.74 Å². The van der Waals surface area contributed by atoms with Crippen molar-refractivity contribution < 1.29 is 9.53 Å². The highest BCUT2D eigenvalue weighted by atomic mass is 32.1. The summed E-state index contributed by atoms with van der Waals surface area (Å²) in [7, 11) is 0. The number of anilines is 2. The Bertz CT molecular complexity index is 495. The second-order valence-electron chi connectivity index (χ2n) is 5.78. The Morgan fingerprint density at radius 3 is 2.76 bits per heavy atom. The number of nitrogens with one attached hydrogen (secondary N) is 1. The molecule has 6 nitrogen and oxygen atoms in total. The van der Waals surface area contributed by atoms with E-state index in [4.69, 9.17) is 10.5 Å². The van der Waals surface area contributed by atoms with Crippen LogP contribution in [-0.4, -0.2) is 42.7 Å². The molecule has 1 aromatic rings. The molecule has 1 saturated heterocycles. The maximum Gasteiger partial charge on any atom is 0.265 e. The van der Waals surface area contributed by atoms with Crippen LogP contribution in [0.25, 0.3) is 0 Å². The predicted octanol–water partition coefficient (Wildman–Crippen LogP) is 1.87. The second kappa shape index (κ2) is 6.62. The van der Waals surface area contributed by atoms with Gasteiger partial charge in [-0.25, -0.2) is 4.98 Å². The van der Waals surface area contributed by atoms with Crippen molar-refractivity contribution in [2.75, 3.05) is 36.9 Å². The second-order valence-corrected chi connectivity index (χ2v) is 6.76. The molecule has 1 aliphatic heterocycles. The molecule has 0 radical (unpaired) electrons. The fourth-order valence-electron chi connectivity index (χ4n) is 2.34. The predicted molar refractivity (Wildman–Crippen MR) is 86.0 cm³/mol. The number of hydrogen-bond acceptors (Lipinski definition) is 6. The number of nitrogen functional groups attached to an aromatic ring is 1. The minimum atomic E-state index is -0.387. The zero-order valence-electron chi connectivity index (χ0n) is 12.9. The molecular formula is C14H24N4O2S. The highest BCUT2D eigenvalue weighted by Crippen LogP contribution is 2.30. The van der Waals surface area contributed by atoms with E-state index in [1.807, 2.05) is 20.8 Å². The van der Waals surface area contributed by atoms with Gasteiger partial charge < -0.3 is 20.7 Å². The third kappa shape index (κ3) is 4.07. The minimum Gasteiger partial charge on any atom is -0.382 e. The molecule has 1 amide bonds. The van der Waals surface area contributed by atoms with E-state index in [9.17, 15) is 4.79 Å². The van der Waals surface area contributed by atoms with Gasteiger partial charge in [-0.2, -0.15) is 0 Å². The number of hydrogen-bond donors (Lipinski definition) is 2. The molecule has 0 atom stereocenters. The lowest BCUT2D eigenvalue weighted by Gasteiger charge is -2.24. The molecular weight excluding hydrogens is 288 g/mol. The van der Waals surface area contributed by atoms with E-state index in [-0.39, 0.29) is 11.5 Å². The van der Waals surface area contributed by atoms with Gasteiger partial charge in [0.15, 0.2) is 5.13 Å². The van der Waals surface area contributed by atoms with Gasteiger partial charge in [0.1, 0.15) is 10.7 Å².